The van der Waals surface area contributed by atoms with Crippen molar-refractivity contribution in [2.75, 3.05) is 12.3 Å². The number of fused-ring (bicyclic) bond motifs is 1. The standard InChI is InChI=1S/C20H18F2N4O/c21-16-4-2-1-3-14(16)13-9-10-24-11-15-12(13)5-6-17(20(15)22)27-19-8-7-18(23)25-26-19/h1-8,13,24H,9-11H2,(H2,23,25). The predicted octanol–water partition coefficient (Wildman–Crippen LogP) is 3.75. The molecule has 4 rings (SSSR count). The lowest BCUT2D eigenvalue weighted by atomic mass is 9.86. The molecule has 5 nitrogen and oxygen atoms in total. The Morgan fingerprint density at radius 1 is 1.00 bits per heavy atom. The monoisotopic (exact) mass is 368 g/mol. The molecule has 0 spiro atoms. The van der Waals surface area contributed by atoms with Gasteiger partial charge in [0.05, 0.1) is 0 Å². The fourth-order valence-electron chi connectivity index (χ4n) is 3.39. The van der Waals surface area contributed by atoms with Crippen molar-refractivity contribution in [3.05, 3.63) is 76.9 Å². The Bertz CT molecular complexity index is 963. The molecular formula is C20H18F2N4O. The maximum absolute atomic E-state index is 15.2. The van der Waals surface area contributed by atoms with Crippen molar-refractivity contribution >= 4 is 5.82 Å². The van der Waals surface area contributed by atoms with Crippen LogP contribution < -0.4 is 15.8 Å². The number of nitrogens with two attached hydrogens (primary N) is 1. The van der Waals surface area contributed by atoms with Gasteiger partial charge in [0, 0.05) is 24.1 Å². The summed E-state index contributed by atoms with van der Waals surface area (Å²) >= 11 is 0. The Balaban J connectivity index is 1.73. The van der Waals surface area contributed by atoms with Crippen LogP contribution in [0.1, 0.15) is 29.0 Å². The number of hydrogen-bond acceptors (Lipinski definition) is 5. The minimum absolute atomic E-state index is 0.0452. The minimum atomic E-state index is -0.484. The Morgan fingerprint density at radius 3 is 2.63 bits per heavy atom. The smallest absolute Gasteiger partial charge is 0.239 e. The van der Waals surface area contributed by atoms with Crippen LogP contribution in [0.15, 0.2) is 48.5 Å². The molecule has 1 aromatic heterocycles. The molecule has 3 N–H and O–H groups in total. The second-order valence-corrected chi connectivity index (χ2v) is 6.38. The Hall–Kier alpha value is -3.06. The highest BCUT2D eigenvalue weighted by Gasteiger charge is 2.26. The van der Waals surface area contributed by atoms with Gasteiger partial charge in [-0.15, -0.1) is 10.2 Å². The van der Waals surface area contributed by atoms with E-state index in [-0.39, 0.29) is 29.2 Å². The van der Waals surface area contributed by atoms with E-state index in [0.717, 1.165) is 5.56 Å². The van der Waals surface area contributed by atoms with Crippen molar-refractivity contribution in [1.82, 2.24) is 15.5 Å². The fraction of sp³-hybridized carbons (Fsp3) is 0.200. The molecule has 0 bridgehead atoms. The van der Waals surface area contributed by atoms with E-state index in [9.17, 15) is 4.39 Å². The SMILES string of the molecule is Nc1ccc(Oc2ccc3c(c2F)CNCCC3c2ccccc2F)nn1. The first kappa shape index (κ1) is 17.4. The number of hydrogen-bond donors (Lipinski definition) is 2. The number of ether oxygens (including phenoxy) is 1. The molecule has 0 aliphatic carbocycles. The van der Waals surface area contributed by atoms with Gasteiger partial charge in [0.15, 0.2) is 11.6 Å². The van der Waals surface area contributed by atoms with Crippen LogP contribution in [0.5, 0.6) is 11.6 Å². The molecule has 1 aliphatic rings. The van der Waals surface area contributed by atoms with E-state index in [0.29, 0.717) is 30.6 Å². The molecule has 2 aromatic carbocycles. The predicted molar refractivity (Wildman–Crippen MR) is 97.5 cm³/mol. The molecule has 0 saturated heterocycles. The van der Waals surface area contributed by atoms with Crippen molar-refractivity contribution in [1.29, 1.82) is 0 Å². The highest BCUT2D eigenvalue weighted by molar-refractivity contribution is 5.45. The highest BCUT2D eigenvalue weighted by Crippen LogP contribution is 2.37. The summed E-state index contributed by atoms with van der Waals surface area (Å²) < 4.78 is 35.0. The number of aromatic nitrogens is 2. The second kappa shape index (κ2) is 7.28. The Kier molecular flexibility index (Phi) is 4.68. The number of anilines is 1. The lowest BCUT2D eigenvalue weighted by Gasteiger charge is -2.20. The summed E-state index contributed by atoms with van der Waals surface area (Å²) in [5.74, 6) is -0.549. The number of rotatable bonds is 3. The first-order chi connectivity index (χ1) is 13.1. The molecule has 1 aliphatic heterocycles. The van der Waals surface area contributed by atoms with Crippen LogP contribution in [0.2, 0.25) is 0 Å². The van der Waals surface area contributed by atoms with E-state index < -0.39 is 5.82 Å². The van der Waals surface area contributed by atoms with Gasteiger partial charge in [0.2, 0.25) is 5.88 Å². The summed E-state index contributed by atoms with van der Waals surface area (Å²) in [4.78, 5) is 0. The molecule has 0 fully saturated rings. The van der Waals surface area contributed by atoms with Gasteiger partial charge in [-0.1, -0.05) is 24.3 Å². The molecule has 2 heterocycles. The van der Waals surface area contributed by atoms with Crippen LogP contribution in [-0.4, -0.2) is 16.7 Å². The molecule has 1 unspecified atom stereocenters. The zero-order chi connectivity index (χ0) is 18.8. The van der Waals surface area contributed by atoms with Gasteiger partial charge in [-0.25, -0.2) is 8.78 Å². The lowest BCUT2D eigenvalue weighted by Crippen LogP contribution is -2.13. The van der Waals surface area contributed by atoms with Gasteiger partial charge < -0.3 is 15.8 Å². The zero-order valence-electron chi connectivity index (χ0n) is 14.5. The van der Waals surface area contributed by atoms with Crippen LogP contribution in [0.25, 0.3) is 0 Å². The summed E-state index contributed by atoms with van der Waals surface area (Å²) in [6.07, 6.45) is 0.678. The topological polar surface area (TPSA) is 73.1 Å². The van der Waals surface area contributed by atoms with Crippen LogP contribution in [0.4, 0.5) is 14.6 Å². The highest BCUT2D eigenvalue weighted by atomic mass is 19.1. The largest absolute Gasteiger partial charge is 0.434 e. The van der Waals surface area contributed by atoms with Crippen LogP contribution in [0.3, 0.4) is 0 Å². The van der Waals surface area contributed by atoms with Crippen LogP contribution in [0, 0.1) is 11.6 Å². The number of halogens is 2. The third-order valence-electron chi connectivity index (χ3n) is 4.69. The van der Waals surface area contributed by atoms with E-state index in [1.807, 2.05) is 0 Å². The maximum Gasteiger partial charge on any atom is 0.239 e. The third kappa shape index (κ3) is 3.46. The Labute approximate surface area is 155 Å². The van der Waals surface area contributed by atoms with Crippen LogP contribution >= 0.6 is 0 Å². The molecule has 0 amide bonds. The molecule has 3 aromatic rings. The first-order valence-electron chi connectivity index (χ1n) is 8.67. The normalized spacial score (nSPS) is 16.4. The van der Waals surface area contributed by atoms with Crippen molar-refractivity contribution in [2.45, 2.75) is 18.9 Å². The van der Waals surface area contributed by atoms with Crippen molar-refractivity contribution < 1.29 is 13.5 Å². The zero-order valence-corrected chi connectivity index (χ0v) is 14.5. The molecule has 1 atom stereocenters. The molecule has 27 heavy (non-hydrogen) atoms. The minimum Gasteiger partial charge on any atom is -0.434 e. The molecule has 7 heteroatoms. The van der Waals surface area contributed by atoms with E-state index in [2.05, 4.69) is 15.5 Å². The van der Waals surface area contributed by atoms with Crippen LogP contribution in [-0.2, 0) is 6.54 Å². The van der Waals surface area contributed by atoms with Gasteiger partial charge in [-0.3, -0.25) is 0 Å². The van der Waals surface area contributed by atoms with Gasteiger partial charge in [-0.2, -0.15) is 0 Å². The number of nitrogen functional groups attached to an aromatic ring is 1. The van der Waals surface area contributed by atoms with Gasteiger partial charge >= 0.3 is 0 Å². The van der Waals surface area contributed by atoms with Gasteiger partial charge in [0.25, 0.3) is 0 Å². The van der Waals surface area contributed by atoms with E-state index in [4.69, 9.17) is 10.5 Å². The van der Waals surface area contributed by atoms with Crippen molar-refractivity contribution in [2.24, 2.45) is 0 Å². The van der Waals surface area contributed by atoms with E-state index >= 15 is 4.39 Å². The summed E-state index contributed by atoms with van der Waals surface area (Å²) in [6.45, 7) is 1.00. The summed E-state index contributed by atoms with van der Waals surface area (Å²) in [7, 11) is 0. The summed E-state index contributed by atoms with van der Waals surface area (Å²) in [5, 5.41) is 10.7. The number of nitrogens with one attached hydrogen (secondary N) is 1. The van der Waals surface area contributed by atoms with Gasteiger partial charge in [0.1, 0.15) is 11.6 Å². The molecular weight excluding hydrogens is 350 g/mol. The first-order valence-corrected chi connectivity index (χ1v) is 8.67. The average Bonchev–Trinajstić information content (AvgIpc) is 2.89. The maximum atomic E-state index is 15.2. The molecule has 0 saturated carbocycles. The quantitative estimate of drug-likeness (QED) is 0.737. The summed E-state index contributed by atoms with van der Waals surface area (Å²) in [5.41, 5.74) is 7.30. The third-order valence-corrected chi connectivity index (χ3v) is 4.69. The molecule has 138 valence electrons. The van der Waals surface area contributed by atoms with Crippen molar-refractivity contribution in [3.63, 3.8) is 0 Å². The lowest BCUT2D eigenvalue weighted by molar-refractivity contribution is 0.418. The van der Waals surface area contributed by atoms with E-state index in [1.165, 1.54) is 18.2 Å². The number of nitrogens with zero attached hydrogens (tertiary/aromatic N) is 2. The molecule has 0 radical (unpaired) electrons. The summed E-state index contributed by atoms with van der Waals surface area (Å²) in [6, 6.07) is 13.0. The van der Waals surface area contributed by atoms with Gasteiger partial charge in [-0.05, 0) is 42.3 Å². The van der Waals surface area contributed by atoms with Crippen molar-refractivity contribution in [3.8, 4) is 11.6 Å². The number of benzene rings is 2. The van der Waals surface area contributed by atoms with E-state index in [1.54, 1.807) is 30.3 Å². The second-order valence-electron chi connectivity index (χ2n) is 6.38. The average molecular weight is 368 g/mol. The Morgan fingerprint density at radius 2 is 1.85 bits per heavy atom. The fourth-order valence-corrected chi connectivity index (χ4v) is 3.39.